The number of nitrogens with two attached hydrogens (primary N) is 4. The standard InChI is InChI=1S/C72H116N16O14/c1-41(2)33-53-63(91)83-55(35-45-21-11-9-12-22-45)69(97)87-39-47(77-51(71(99)100)25-15-17-29-73)37-57(87)65(93)86-60(44(7)8)68(96)80-50(28-20-32-76)62(90)82-54(34-42(3)4)64(92)84-56(36-46-23-13-10-14-24-46)70(98)88-40-48(78-52(72(101)102)26-16-18-30-74)38-58(88)66(94)85-59(43(5)6)67(95)79-49(27-19-31-75)61(89)81-53/h9-14,21-24,41-44,47-60,77-78H,15-20,25-40,73-76H2,1-8H3,(H,79,95)(H,80,96)(H,81,89)(H,82,90)(H,83,91)(H,84,92)(H,85,94)(H,86,93)(H,99,100)(H,101,102)/t47-,48-,49-,50+,51+,52+,53+,54+,55-,56-,57+,58+,59+,60+/m1/s1. The van der Waals surface area contributed by atoms with Crippen LogP contribution in [0.25, 0.3) is 0 Å². The van der Waals surface area contributed by atoms with Crippen molar-refractivity contribution in [1.82, 2.24) is 63.0 Å². The molecule has 0 aromatic heterocycles. The van der Waals surface area contributed by atoms with E-state index in [0.717, 1.165) is 0 Å². The van der Waals surface area contributed by atoms with E-state index >= 15 is 28.8 Å². The van der Waals surface area contributed by atoms with E-state index in [1.54, 1.807) is 88.4 Å². The van der Waals surface area contributed by atoms with Crippen molar-refractivity contribution in [2.75, 3.05) is 39.3 Å². The molecule has 3 saturated heterocycles. The zero-order chi connectivity index (χ0) is 75.3. The second kappa shape index (κ2) is 42.4. The number of nitrogens with zero attached hydrogens (tertiary/aromatic N) is 2. The van der Waals surface area contributed by atoms with Crippen LogP contribution in [0.5, 0.6) is 0 Å². The predicted molar refractivity (Wildman–Crippen MR) is 384 cm³/mol. The molecule has 3 fully saturated rings. The Hall–Kier alpha value is -8.16. The first-order valence-electron chi connectivity index (χ1n) is 36.4. The minimum absolute atomic E-state index is 0.0166. The van der Waals surface area contributed by atoms with Gasteiger partial charge in [0.1, 0.15) is 72.5 Å². The van der Waals surface area contributed by atoms with Crippen LogP contribution in [0.2, 0.25) is 0 Å². The van der Waals surface area contributed by atoms with Gasteiger partial charge in [-0.25, -0.2) is 0 Å². The molecule has 3 aliphatic rings. The Labute approximate surface area is 599 Å². The van der Waals surface area contributed by atoms with Crippen LogP contribution in [0, 0.1) is 23.7 Å². The summed E-state index contributed by atoms with van der Waals surface area (Å²) in [5, 5.41) is 49.8. The molecular formula is C72H116N16O14. The molecule has 0 radical (unpaired) electrons. The maximum Gasteiger partial charge on any atom is 0.320 e. The summed E-state index contributed by atoms with van der Waals surface area (Å²) < 4.78 is 0. The zero-order valence-electron chi connectivity index (χ0n) is 60.7. The summed E-state index contributed by atoms with van der Waals surface area (Å²) in [4.78, 5) is 179. The number of carbonyl (C=O) groups excluding carboxylic acids is 10. The van der Waals surface area contributed by atoms with Crippen molar-refractivity contribution in [3.63, 3.8) is 0 Å². The van der Waals surface area contributed by atoms with Crippen molar-refractivity contribution < 1.29 is 67.7 Å². The van der Waals surface area contributed by atoms with Crippen LogP contribution in [0.4, 0.5) is 0 Å². The van der Waals surface area contributed by atoms with Gasteiger partial charge in [0, 0.05) is 38.0 Å². The summed E-state index contributed by atoms with van der Waals surface area (Å²) in [6.07, 6.45) is 2.05. The van der Waals surface area contributed by atoms with Crippen LogP contribution in [0.1, 0.15) is 156 Å². The summed E-state index contributed by atoms with van der Waals surface area (Å²) >= 11 is 0. The van der Waals surface area contributed by atoms with Crippen molar-refractivity contribution in [2.24, 2.45) is 46.6 Å². The zero-order valence-corrected chi connectivity index (χ0v) is 60.7. The van der Waals surface area contributed by atoms with E-state index in [-0.39, 0.29) is 115 Å². The first-order chi connectivity index (χ1) is 48.5. The normalized spacial score (nSPS) is 25.7. The topological polar surface area (TPSA) is 476 Å². The lowest BCUT2D eigenvalue weighted by atomic mass is 9.98. The van der Waals surface area contributed by atoms with Crippen LogP contribution in [0.15, 0.2) is 60.7 Å². The molecule has 0 aliphatic carbocycles. The number of rotatable bonds is 30. The maximum atomic E-state index is 15.6. The van der Waals surface area contributed by atoms with Gasteiger partial charge in [-0.3, -0.25) is 68.2 Å². The van der Waals surface area contributed by atoms with Gasteiger partial charge in [0.25, 0.3) is 0 Å². The molecule has 20 N–H and O–H groups in total. The van der Waals surface area contributed by atoms with Crippen LogP contribution in [-0.4, -0.2) is 215 Å². The molecule has 0 saturated carbocycles. The number of hydrogen-bond acceptors (Lipinski definition) is 18. The van der Waals surface area contributed by atoms with E-state index < -0.39 is 167 Å². The van der Waals surface area contributed by atoms with E-state index in [0.29, 0.717) is 49.9 Å². The highest BCUT2D eigenvalue weighted by molar-refractivity contribution is 6.00. The molecular weight excluding hydrogens is 1310 g/mol. The first-order valence-corrected chi connectivity index (χ1v) is 36.4. The SMILES string of the molecule is CC(C)C[C@@H]1NC(=O)[C@H](CCCN)NC(=O)[C@H](C(C)C)NC(=O)[C@@H]2C[C@@H](N[C@@H](CCCCN)C(=O)O)CN2C(=O)[C@@H](Cc2ccccc2)NC(=O)[C@H](CC(C)C)NC(=O)[C@@H](CCCN)NC(=O)[C@H](C(C)C)NC(=O)[C@@H]2C[C@@H](N[C@@H](CCCCN)C(=O)O)CN2C(=O)[C@@H](Cc2ccccc2)NC1=O. The van der Waals surface area contributed by atoms with Crippen LogP contribution in [-0.2, 0) is 70.4 Å². The largest absolute Gasteiger partial charge is 0.480 e. The Kier molecular flexibility index (Phi) is 35.2. The van der Waals surface area contributed by atoms with Gasteiger partial charge < -0.3 is 85.5 Å². The van der Waals surface area contributed by atoms with Gasteiger partial charge in [0.2, 0.25) is 59.1 Å². The Morgan fingerprint density at radius 1 is 0.422 bits per heavy atom. The van der Waals surface area contributed by atoms with Crippen molar-refractivity contribution in [3.05, 3.63) is 71.8 Å². The number of hydrogen-bond donors (Lipinski definition) is 16. The van der Waals surface area contributed by atoms with Crippen molar-refractivity contribution in [2.45, 2.75) is 243 Å². The number of unbranched alkanes of at least 4 members (excludes halogenated alkanes) is 2. The molecule has 0 unspecified atom stereocenters. The minimum Gasteiger partial charge on any atom is -0.480 e. The number of nitrogens with one attached hydrogen (secondary N) is 10. The number of carboxylic acids is 2. The Balaban J connectivity index is 1.70. The predicted octanol–water partition coefficient (Wildman–Crippen LogP) is -0.472. The molecule has 2 aromatic carbocycles. The smallest absolute Gasteiger partial charge is 0.320 e. The van der Waals surface area contributed by atoms with E-state index in [1.165, 1.54) is 9.80 Å². The van der Waals surface area contributed by atoms with Gasteiger partial charge in [-0.05, 0) is 138 Å². The third-order valence-corrected chi connectivity index (χ3v) is 18.8. The molecule has 3 heterocycles. The van der Waals surface area contributed by atoms with E-state index in [4.69, 9.17) is 22.9 Å². The number of carboxylic acid groups (broad SMARTS) is 2. The summed E-state index contributed by atoms with van der Waals surface area (Å²) in [5.41, 5.74) is 24.7. The van der Waals surface area contributed by atoms with Gasteiger partial charge in [0.05, 0.1) is 0 Å². The third-order valence-electron chi connectivity index (χ3n) is 18.8. The quantitative estimate of drug-likeness (QED) is 0.0440. The highest BCUT2D eigenvalue weighted by atomic mass is 16.4. The van der Waals surface area contributed by atoms with Crippen molar-refractivity contribution in [3.8, 4) is 0 Å². The second-order valence-electron chi connectivity index (χ2n) is 28.9. The summed E-state index contributed by atoms with van der Waals surface area (Å²) in [6.45, 7) is 14.2. The number of aliphatic carboxylic acids is 2. The molecule has 0 spiro atoms. The third kappa shape index (κ3) is 26.3. The maximum absolute atomic E-state index is 15.6. The van der Waals surface area contributed by atoms with E-state index in [1.807, 2.05) is 27.7 Å². The van der Waals surface area contributed by atoms with E-state index in [9.17, 15) is 39.0 Å². The summed E-state index contributed by atoms with van der Waals surface area (Å²) in [7, 11) is 0. The fourth-order valence-corrected chi connectivity index (χ4v) is 13.3. The molecule has 3 aliphatic heterocycles. The molecule has 5 rings (SSSR count). The molecule has 0 bridgehead atoms. The molecule has 568 valence electrons. The molecule has 30 heteroatoms. The fraction of sp³-hybridized carbons (Fsp3) is 0.667. The lowest BCUT2D eigenvalue weighted by molar-refractivity contribution is -0.143. The summed E-state index contributed by atoms with van der Waals surface area (Å²) in [5.74, 6) is -12.2. The Morgan fingerprint density at radius 2 is 0.735 bits per heavy atom. The van der Waals surface area contributed by atoms with Crippen molar-refractivity contribution in [1.29, 1.82) is 0 Å². The van der Waals surface area contributed by atoms with Crippen molar-refractivity contribution >= 4 is 71.0 Å². The van der Waals surface area contributed by atoms with E-state index in [2.05, 4.69) is 53.2 Å². The van der Waals surface area contributed by atoms with Crippen LogP contribution in [0.3, 0.4) is 0 Å². The molecule has 30 nitrogen and oxygen atoms in total. The first kappa shape index (κ1) is 84.5. The Bertz CT molecular complexity index is 2890. The van der Waals surface area contributed by atoms with Gasteiger partial charge in [-0.1, -0.05) is 129 Å². The highest BCUT2D eigenvalue weighted by Gasteiger charge is 2.47. The number of amides is 10. The van der Waals surface area contributed by atoms with Crippen LogP contribution < -0.4 is 76.1 Å². The fourth-order valence-electron chi connectivity index (χ4n) is 13.3. The molecule has 14 atom stereocenters. The lowest BCUT2D eigenvalue weighted by Gasteiger charge is -2.33. The summed E-state index contributed by atoms with van der Waals surface area (Å²) in [6, 6.07) is -0.386. The number of carbonyl (C=O) groups is 12. The average Bonchev–Trinajstić information content (AvgIpc) is 1.64. The van der Waals surface area contributed by atoms with Gasteiger partial charge in [-0.15, -0.1) is 0 Å². The Morgan fingerprint density at radius 3 is 1.04 bits per heavy atom. The van der Waals surface area contributed by atoms with Gasteiger partial charge in [-0.2, -0.15) is 0 Å². The molecule has 10 amide bonds. The number of benzene rings is 2. The highest BCUT2D eigenvalue weighted by Crippen LogP contribution is 2.26. The van der Waals surface area contributed by atoms with Gasteiger partial charge >= 0.3 is 11.9 Å². The van der Waals surface area contributed by atoms with Gasteiger partial charge in [0.15, 0.2) is 0 Å². The molecule has 2 aromatic rings. The molecule has 102 heavy (non-hydrogen) atoms. The lowest BCUT2D eigenvalue weighted by Crippen LogP contribution is -2.62. The minimum atomic E-state index is -1.44. The van der Waals surface area contributed by atoms with Crippen LogP contribution >= 0.6 is 0 Å². The number of fused-ring (bicyclic) bond motifs is 2. The second-order valence-corrected chi connectivity index (χ2v) is 28.9. The average molecular weight is 1430 g/mol. The monoisotopic (exact) mass is 1430 g/mol.